The Kier molecular flexibility index (Phi) is 4.27. The molecule has 0 aliphatic heterocycles. The van der Waals surface area contributed by atoms with Crippen molar-refractivity contribution < 1.29 is 18.3 Å². The van der Waals surface area contributed by atoms with Crippen molar-refractivity contribution in [2.75, 3.05) is 0 Å². The molecular weight excluding hydrogens is 339 g/mol. The number of carboxylic acids is 1. The molecule has 1 aromatic carbocycles. The lowest BCUT2D eigenvalue weighted by Gasteiger charge is -2.08. The third-order valence-corrected chi connectivity index (χ3v) is 5.16. The van der Waals surface area contributed by atoms with Crippen LogP contribution in [0.4, 0.5) is 0 Å². The predicted molar refractivity (Wildman–Crippen MR) is 77.5 cm³/mol. The molecule has 0 aliphatic carbocycles. The van der Waals surface area contributed by atoms with E-state index >= 15 is 0 Å². The van der Waals surface area contributed by atoms with Crippen LogP contribution < -0.4 is 0 Å². The first-order valence-electron chi connectivity index (χ1n) is 5.63. The van der Waals surface area contributed by atoms with Crippen LogP contribution in [0.25, 0.3) is 0 Å². The second-order valence-electron chi connectivity index (χ2n) is 4.35. The summed E-state index contributed by atoms with van der Waals surface area (Å²) in [4.78, 5) is 10.8. The number of carboxylic acid groups (broad SMARTS) is 1. The van der Waals surface area contributed by atoms with E-state index in [4.69, 9.17) is 28.3 Å². The SMILES string of the molecule is Cn1cc(CS(=O)(=O)c2cc(C(=O)O)c(Cl)cc2Cl)cn1. The maximum atomic E-state index is 12.4. The summed E-state index contributed by atoms with van der Waals surface area (Å²) in [5, 5.41) is 12.7. The maximum Gasteiger partial charge on any atom is 0.337 e. The molecule has 0 saturated carbocycles. The molecule has 0 amide bonds. The van der Waals surface area contributed by atoms with Crippen LogP contribution in [0.2, 0.25) is 10.0 Å². The Balaban J connectivity index is 2.49. The summed E-state index contributed by atoms with van der Waals surface area (Å²) in [6, 6.07) is 2.08. The zero-order chi connectivity index (χ0) is 15.8. The fourth-order valence-corrected chi connectivity index (χ4v) is 3.99. The Morgan fingerprint density at radius 1 is 1.33 bits per heavy atom. The molecule has 0 fully saturated rings. The number of hydrogen-bond donors (Lipinski definition) is 1. The number of aromatic carboxylic acids is 1. The van der Waals surface area contributed by atoms with Crippen molar-refractivity contribution in [1.29, 1.82) is 0 Å². The number of rotatable bonds is 4. The third kappa shape index (κ3) is 3.37. The normalized spacial score (nSPS) is 11.6. The second kappa shape index (κ2) is 5.67. The lowest BCUT2D eigenvalue weighted by molar-refractivity contribution is 0.0697. The van der Waals surface area contributed by atoms with E-state index in [0.717, 1.165) is 12.1 Å². The summed E-state index contributed by atoms with van der Waals surface area (Å²) >= 11 is 11.6. The molecule has 2 rings (SSSR count). The minimum Gasteiger partial charge on any atom is -0.478 e. The van der Waals surface area contributed by atoms with Gasteiger partial charge in [-0.15, -0.1) is 0 Å². The zero-order valence-corrected chi connectivity index (χ0v) is 13.1. The maximum absolute atomic E-state index is 12.4. The average Bonchev–Trinajstić information content (AvgIpc) is 2.72. The van der Waals surface area contributed by atoms with Gasteiger partial charge in [0.15, 0.2) is 9.84 Å². The highest BCUT2D eigenvalue weighted by Crippen LogP contribution is 2.30. The zero-order valence-electron chi connectivity index (χ0n) is 10.7. The number of carbonyl (C=O) groups is 1. The van der Waals surface area contributed by atoms with Gasteiger partial charge >= 0.3 is 5.97 Å². The predicted octanol–water partition coefficient (Wildman–Crippen LogP) is 2.40. The van der Waals surface area contributed by atoms with E-state index in [2.05, 4.69) is 5.10 Å². The van der Waals surface area contributed by atoms with Crippen LogP contribution in [0, 0.1) is 0 Å². The summed E-state index contributed by atoms with van der Waals surface area (Å²) in [5.74, 6) is -1.66. The molecule has 112 valence electrons. The molecule has 0 aliphatic rings. The topological polar surface area (TPSA) is 89.3 Å². The highest BCUT2D eigenvalue weighted by molar-refractivity contribution is 7.90. The lowest BCUT2D eigenvalue weighted by atomic mass is 10.2. The van der Waals surface area contributed by atoms with Crippen LogP contribution in [0.15, 0.2) is 29.4 Å². The Morgan fingerprint density at radius 2 is 2.00 bits per heavy atom. The molecule has 0 saturated heterocycles. The largest absolute Gasteiger partial charge is 0.478 e. The molecule has 1 aromatic heterocycles. The van der Waals surface area contributed by atoms with Crippen LogP contribution in [0.1, 0.15) is 15.9 Å². The Hall–Kier alpha value is -1.57. The van der Waals surface area contributed by atoms with Gasteiger partial charge in [0.2, 0.25) is 0 Å². The van der Waals surface area contributed by atoms with Crippen LogP contribution >= 0.6 is 23.2 Å². The lowest BCUT2D eigenvalue weighted by Crippen LogP contribution is -2.08. The first-order valence-corrected chi connectivity index (χ1v) is 8.04. The summed E-state index contributed by atoms with van der Waals surface area (Å²) < 4.78 is 26.2. The van der Waals surface area contributed by atoms with Gasteiger partial charge in [0.05, 0.1) is 32.5 Å². The molecule has 1 N–H and O–H groups in total. The number of sulfone groups is 1. The molecule has 2 aromatic rings. The van der Waals surface area contributed by atoms with Gasteiger partial charge in [0.25, 0.3) is 0 Å². The number of benzene rings is 1. The quantitative estimate of drug-likeness (QED) is 0.916. The van der Waals surface area contributed by atoms with Crippen LogP contribution in [0.5, 0.6) is 0 Å². The standard InChI is InChI=1S/C12H10Cl2N2O4S/c1-16-5-7(4-15-16)6-21(19,20)11-2-8(12(17)18)9(13)3-10(11)14/h2-5H,6H2,1H3,(H,17,18). The molecule has 1 heterocycles. The van der Waals surface area contributed by atoms with Crippen molar-refractivity contribution in [2.45, 2.75) is 10.6 Å². The molecule has 21 heavy (non-hydrogen) atoms. The minimum absolute atomic E-state index is 0.117. The smallest absolute Gasteiger partial charge is 0.337 e. The third-order valence-electron chi connectivity index (χ3n) is 2.70. The van der Waals surface area contributed by atoms with Crippen molar-refractivity contribution in [2.24, 2.45) is 7.05 Å². The van der Waals surface area contributed by atoms with E-state index < -0.39 is 15.8 Å². The van der Waals surface area contributed by atoms with E-state index in [0.29, 0.717) is 5.56 Å². The van der Waals surface area contributed by atoms with E-state index in [1.807, 2.05) is 0 Å². The van der Waals surface area contributed by atoms with Crippen LogP contribution in [-0.2, 0) is 22.6 Å². The summed E-state index contributed by atoms with van der Waals surface area (Å²) in [7, 11) is -2.15. The van der Waals surface area contributed by atoms with Gasteiger partial charge in [-0.3, -0.25) is 4.68 Å². The van der Waals surface area contributed by atoms with E-state index in [-0.39, 0.29) is 26.3 Å². The Bertz CT molecular complexity index is 815. The summed E-state index contributed by atoms with van der Waals surface area (Å²) in [6.45, 7) is 0. The van der Waals surface area contributed by atoms with Crippen molar-refractivity contribution in [3.05, 3.63) is 45.7 Å². The molecule has 6 nitrogen and oxygen atoms in total. The fourth-order valence-electron chi connectivity index (χ4n) is 1.77. The number of nitrogens with zero attached hydrogens (tertiary/aromatic N) is 2. The molecule has 0 unspecified atom stereocenters. The van der Waals surface area contributed by atoms with E-state index in [9.17, 15) is 13.2 Å². The molecule has 0 bridgehead atoms. The Morgan fingerprint density at radius 3 is 2.52 bits per heavy atom. The van der Waals surface area contributed by atoms with Gasteiger partial charge in [-0.1, -0.05) is 23.2 Å². The highest BCUT2D eigenvalue weighted by atomic mass is 35.5. The van der Waals surface area contributed by atoms with Gasteiger partial charge in [-0.2, -0.15) is 5.10 Å². The van der Waals surface area contributed by atoms with Crippen molar-refractivity contribution in [3.8, 4) is 0 Å². The van der Waals surface area contributed by atoms with Gasteiger partial charge in [-0.05, 0) is 12.1 Å². The van der Waals surface area contributed by atoms with Crippen LogP contribution in [0.3, 0.4) is 0 Å². The summed E-state index contributed by atoms with van der Waals surface area (Å²) in [6.07, 6.45) is 2.97. The van der Waals surface area contributed by atoms with Gasteiger partial charge in [0, 0.05) is 18.8 Å². The molecule has 9 heteroatoms. The van der Waals surface area contributed by atoms with Crippen molar-refractivity contribution >= 4 is 39.0 Å². The van der Waals surface area contributed by atoms with E-state index in [1.54, 1.807) is 13.2 Å². The van der Waals surface area contributed by atoms with Crippen LogP contribution in [-0.4, -0.2) is 29.3 Å². The first kappa shape index (κ1) is 15.8. The average molecular weight is 349 g/mol. The van der Waals surface area contributed by atoms with Crippen molar-refractivity contribution in [3.63, 3.8) is 0 Å². The number of halogens is 2. The summed E-state index contributed by atoms with van der Waals surface area (Å²) in [5.41, 5.74) is 0.159. The molecule has 0 spiro atoms. The fraction of sp³-hybridized carbons (Fsp3) is 0.167. The highest BCUT2D eigenvalue weighted by Gasteiger charge is 2.23. The number of aryl methyl sites for hydroxylation is 1. The molecular formula is C12H10Cl2N2O4S. The second-order valence-corrected chi connectivity index (χ2v) is 7.12. The monoisotopic (exact) mass is 348 g/mol. The molecule has 0 radical (unpaired) electrons. The van der Waals surface area contributed by atoms with Gasteiger partial charge < -0.3 is 5.11 Å². The Labute approximate surface area is 130 Å². The minimum atomic E-state index is -3.81. The van der Waals surface area contributed by atoms with Gasteiger partial charge in [0.1, 0.15) is 0 Å². The van der Waals surface area contributed by atoms with Gasteiger partial charge in [-0.25, -0.2) is 13.2 Å². The first-order chi connectivity index (χ1) is 9.70. The number of hydrogen-bond acceptors (Lipinski definition) is 4. The number of aromatic nitrogens is 2. The van der Waals surface area contributed by atoms with Crippen molar-refractivity contribution in [1.82, 2.24) is 9.78 Å². The van der Waals surface area contributed by atoms with E-state index in [1.165, 1.54) is 10.9 Å². The molecule has 0 atom stereocenters.